The molecule has 0 aromatic heterocycles. The van der Waals surface area contributed by atoms with E-state index in [9.17, 15) is 8.42 Å². The fourth-order valence-corrected chi connectivity index (χ4v) is 4.52. The highest BCUT2D eigenvalue weighted by Gasteiger charge is 2.25. The van der Waals surface area contributed by atoms with Crippen molar-refractivity contribution in [2.45, 2.75) is 37.0 Å². The largest absolute Gasteiger partial charge is 0.497 e. The van der Waals surface area contributed by atoms with Crippen molar-refractivity contribution in [1.82, 2.24) is 0 Å². The molecule has 0 spiro atoms. The maximum absolute atomic E-state index is 12.5. The van der Waals surface area contributed by atoms with E-state index >= 15 is 0 Å². The molecule has 1 aromatic rings. The number of sulfone groups is 1. The number of hydrogen-bond donors (Lipinski definition) is 1. The monoisotopic (exact) mass is 283 g/mol. The number of ether oxygens (including phenoxy) is 1. The predicted octanol–water partition coefficient (Wildman–Crippen LogP) is 2.63. The van der Waals surface area contributed by atoms with Crippen LogP contribution in [0.5, 0.6) is 5.75 Å². The normalized spacial score (nSPS) is 17.3. The van der Waals surface area contributed by atoms with Gasteiger partial charge in [0.25, 0.3) is 0 Å². The second-order valence-corrected chi connectivity index (χ2v) is 7.19. The summed E-state index contributed by atoms with van der Waals surface area (Å²) in [7, 11) is -1.81. The molecule has 0 heterocycles. The fourth-order valence-electron chi connectivity index (χ4n) is 2.66. The number of hydrogen-bond acceptors (Lipinski definition) is 4. The quantitative estimate of drug-likeness (QED) is 0.862. The molecule has 1 saturated carbocycles. The van der Waals surface area contributed by atoms with Gasteiger partial charge in [-0.15, -0.1) is 0 Å². The van der Waals surface area contributed by atoms with Crippen LogP contribution in [0.4, 0.5) is 5.69 Å². The van der Waals surface area contributed by atoms with Gasteiger partial charge in [0.1, 0.15) is 5.75 Å². The number of nitrogens with two attached hydrogens (primary N) is 1. The molecular formula is C14H21NO3S. The van der Waals surface area contributed by atoms with Gasteiger partial charge in [0, 0.05) is 6.07 Å². The third-order valence-corrected chi connectivity index (χ3v) is 5.67. The van der Waals surface area contributed by atoms with Crippen molar-refractivity contribution in [3.63, 3.8) is 0 Å². The number of benzene rings is 1. The molecule has 19 heavy (non-hydrogen) atoms. The highest BCUT2D eigenvalue weighted by atomic mass is 32.2. The molecule has 0 aliphatic heterocycles. The summed E-state index contributed by atoms with van der Waals surface area (Å²) in [5, 5.41) is 0. The maximum Gasteiger partial charge on any atom is 0.180 e. The first kappa shape index (κ1) is 14.2. The lowest BCUT2D eigenvalue weighted by molar-refractivity contribution is 0.385. The molecule has 5 heteroatoms. The minimum Gasteiger partial charge on any atom is -0.497 e. The minimum absolute atomic E-state index is 0.199. The van der Waals surface area contributed by atoms with Crippen LogP contribution in [0.3, 0.4) is 0 Å². The van der Waals surface area contributed by atoms with Gasteiger partial charge in [-0.05, 0) is 30.9 Å². The van der Waals surface area contributed by atoms with E-state index in [4.69, 9.17) is 10.5 Å². The van der Waals surface area contributed by atoms with Gasteiger partial charge in [0.2, 0.25) is 0 Å². The summed E-state index contributed by atoms with van der Waals surface area (Å²) in [6, 6.07) is 4.79. The molecule has 0 unspecified atom stereocenters. The van der Waals surface area contributed by atoms with Crippen molar-refractivity contribution in [3.8, 4) is 5.75 Å². The molecular weight excluding hydrogens is 262 g/mol. The van der Waals surface area contributed by atoms with Crippen LogP contribution in [0, 0.1) is 5.92 Å². The second-order valence-electron chi connectivity index (χ2n) is 5.19. The van der Waals surface area contributed by atoms with E-state index in [1.807, 2.05) is 0 Å². The van der Waals surface area contributed by atoms with Crippen LogP contribution in [-0.2, 0) is 9.84 Å². The number of nitrogen functional groups attached to an aromatic ring is 1. The maximum atomic E-state index is 12.5. The molecule has 1 aliphatic carbocycles. The average molecular weight is 283 g/mol. The zero-order valence-electron chi connectivity index (χ0n) is 11.3. The first-order valence-corrected chi connectivity index (χ1v) is 8.34. The highest BCUT2D eigenvalue weighted by Crippen LogP contribution is 2.30. The summed E-state index contributed by atoms with van der Waals surface area (Å²) in [6.45, 7) is 0. The van der Waals surface area contributed by atoms with Crippen molar-refractivity contribution in [3.05, 3.63) is 18.2 Å². The van der Waals surface area contributed by atoms with Gasteiger partial charge in [-0.3, -0.25) is 0 Å². The Balaban J connectivity index is 2.23. The summed E-state index contributed by atoms with van der Waals surface area (Å²) >= 11 is 0. The second kappa shape index (κ2) is 5.82. The van der Waals surface area contributed by atoms with E-state index < -0.39 is 9.84 Å². The highest BCUT2D eigenvalue weighted by molar-refractivity contribution is 7.91. The summed E-state index contributed by atoms with van der Waals surface area (Å²) < 4.78 is 30.0. The molecule has 0 amide bonds. The predicted molar refractivity (Wildman–Crippen MR) is 76.0 cm³/mol. The Morgan fingerprint density at radius 1 is 1.26 bits per heavy atom. The zero-order chi connectivity index (χ0) is 13.9. The Morgan fingerprint density at radius 2 is 1.95 bits per heavy atom. The van der Waals surface area contributed by atoms with Crippen LogP contribution in [0.15, 0.2) is 23.1 Å². The van der Waals surface area contributed by atoms with E-state index in [0.717, 1.165) is 25.7 Å². The molecule has 1 fully saturated rings. The molecule has 0 bridgehead atoms. The van der Waals surface area contributed by atoms with Gasteiger partial charge >= 0.3 is 0 Å². The third kappa shape index (κ3) is 3.41. The molecule has 2 N–H and O–H groups in total. The van der Waals surface area contributed by atoms with Crippen molar-refractivity contribution >= 4 is 15.5 Å². The summed E-state index contributed by atoms with van der Waals surface area (Å²) in [5.74, 6) is 0.991. The van der Waals surface area contributed by atoms with Crippen molar-refractivity contribution in [2.24, 2.45) is 5.92 Å². The SMILES string of the molecule is COc1ccc(N)c(S(=O)(=O)CC2CCCCC2)c1. The van der Waals surface area contributed by atoms with Gasteiger partial charge in [-0.25, -0.2) is 8.42 Å². The van der Waals surface area contributed by atoms with Gasteiger partial charge < -0.3 is 10.5 Å². The molecule has 0 atom stereocenters. The molecule has 106 valence electrons. The van der Waals surface area contributed by atoms with Crippen LogP contribution >= 0.6 is 0 Å². The molecule has 4 nitrogen and oxygen atoms in total. The molecule has 0 radical (unpaired) electrons. The number of rotatable bonds is 4. The van der Waals surface area contributed by atoms with Gasteiger partial charge in [0.15, 0.2) is 9.84 Å². The Bertz CT molecular complexity index is 534. The van der Waals surface area contributed by atoms with Crippen LogP contribution in [0.2, 0.25) is 0 Å². The number of anilines is 1. The Labute approximate surface area is 114 Å². The summed E-state index contributed by atoms with van der Waals surface area (Å²) in [6.07, 6.45) is 5.49. The van der Waals surface area contributed by atoms with E-state index in [1.165, 1.54) is 19.6 Å². The molecule has 1 aromatic carbocycles. The van der Waals surface area contributed by atoms with E-state index in [1.54, 1.807) is 12.1 Å². The average Bonchev–Trinajstić information content (AvgIpc) is 2.39. The standard InChI is InChI=1S/C14H21NO3S/c1-18-12-7-8-13(15)14(9-12)19(16,17)10-11-5-3-2-4-6-11/h7-9,11H,2-6,10,15H2,1H3. The summed E-state index contributed by atoms with van der Waals surface area (Å²) in [5.41, 5.74) is 6.10. The summed E-state index contributed by atoms with van der Waals surface area (Å²) in [4.78, 5) is 0.206. The van der Waals surface area contributed by atoms with Gasteiger partial charge in [-0.2, -0.15) is 0 Å². The van der Waals surface area contributed by atoms with E-state index in [-0.39, 0.29) is 16.6 Å². The van der Waals surface area contributed by atoms with Crippen molar-refractivity contribution in [1.29, 1.82) is 0 Å². The van der Waals surface area contributed by atoms with Crippen molar-refractivity contribution < 1.29 is 13.2 Å². The smallest absolute Gasteiger partial charge is 0.180 e. The third-order valence-electron chi connectivity index (χ3n) is 3.74. The van der Waals surface area contributed by atoms with E-state index in [2.05, 4.69) is 0 Å². The van der Waals surface area contributed by atoms with E-state index in [0.29, 0.717) is 11.4 Å². The minimum atomic E-state index is -3.33. The number of methoxy groups -OCH3 is 1. The van der Waals surface area contributed by atoms with Crippen LogP contribution < -0.4 is 10.5 Å². The first-order chi connectivity index (χ1) is 9.03. The van der Waals surface area contributed by atoms with Crippen LogP contribution in [-0.4, -0.2) is 21.3 Å². The molecule has 1 aliphatic rings. The van der Waals surface area contributed by atoms with Crippen molar-refractivity contribution in [2.75, 3.05) is 18.6 Å². The lowest BCUT2D eigenvalue weighted by atomic mass is 9.91. The fraction of sp³-hybridized carbons (Fsp3) is 0.571. The Morgan fingerprint density at radius 3 is 2.58 bits per heavy atom. The topological polar surface area (TPSA) is 69.4 Å². The Hall–Kier alpha value is -1.23. The lowest BCUT2D eigenvalue weighted by Crippen LogP contribution is -2.19. The lowest BCUT2D eigenvalue weighted by Gasteiger charge is -2.21. The van der Waals surface area contributed by atoms with Gasteiger partial charge in [0.05, 0.1) is 23.4 Å². The van der Waals surface area contributed by atoms with Gasteiger partial charge in [-0.1, -0.05) is 19.3 Å². The molecule has 0 saturated heterocycles. The zero-order valence-corrected chi connectivity index (χ0v) is 12.1. The van der Waals surface area contributed by atoms with Crippen LogP contribution in [0.25, 0.3) is 0 Å². The first-order valence-electron chi connectivity index (χ1n) is 6.69. The van der Waals surface area contributed by atoms with Crippen LogP contribution in [0.1, 0.15) is 32.1 Å². The molecule has 2 rings (SSSR count). The Kier molecular flexibility index (Phi) is 4.34.